The monoisotopic (exact) mass is 189 g/mol. The fourth-order valence-corrected chi connectivity index (χ4v) is 0. The Balaban J connectivity index is 0. The molecule has 7 heteroatoms. The van der Waals surface area contributed by atoms with E-state index in [0.29, 0.717) is 0 Å². The van der Waals surface area contributed by atoms with Gasteiger partial charge in [0.05, 0.1) is 0 Å². The topological polar surface area (TPSA) is 95.1 Å². The summed E-state index contributed by atoms with van der Waals surface area (Å²) in [6, 6.07) is 0. The molecular weight excluding hydrogens is 177 g/mol. The van der Waals surface area contributed by atoms with Crippen LogP contribution in [-0.2, 0) is 4.57 Å². The van der Waals surface area contributed by atoms with Crippen molar-refractivity contribution in [2.24, 2.45) is 16.5 Å². The molecule has 0 aromatic heterocycles. The lowest BCUT2D eigenvalue weighted by Gasteiger charge is -1.88. The van der Waals surface area contributed by atoms with Gasteiger partial charge in [-0.2, -0.15) is 0 Å². The lowest BCUT2D eigenvalue weighted by atomic mass is 12.0. The third-order valence-corrected chi connectivity index (χ3v) is 1.50. The molecule has 0 amide bonds. The molecule has 0 atom stereocenters. The second-order valence-electron chi connectivity index (χ2n) is 1.10. The molecule has 4 nitrogen and oxygen atoms in total. The molecule has 0 radical (unpaired) electrons. The fraction of sp³-hybridized carbons (Fsp3) is 1.00. The van der Waals surface area contributed by atoms with Crippen molar-refractivity contribution in [1.29, 1.82) is 0 Å². The van der Waals surface area contributed by atoms with Gasteiger partial charge in [0.25, 0.3) is 7.59 Å². The van der Waals surface area contributed by atoms with Gasteiger partial charge in [0.15, 0.2) is 0 Å². The van der Waals surface area contributed by atoms with Crippen molar-refractivity contribution < 1.29 is 4.57 Å². The zero-order chi connectivity index (χ0) is 7.91. The Labute approximate surface area is 63.2 Å². The van der Waals surface area contributed by atoms with Gasteiger partial charge in [-0.3, -0.25) is 21.1 Å². The zero-order valence-corrected chi connectivity index (χ0v) is 7.93. The Bertz CT molecular complexity index is 83.5. The first-order valence-electron chi connectivity index (χ1n) is 1.94. The predicted molar refractivity (Wildman–Crippen MR) is 47.2 cm³/mol. The summed E-state index contributed by atoms with van der Waals surface area (Å²) in [6.45, 7) is 0. The SMILES string of the molecule is CSSC.NP(N)(N)=O. The van der Waals surface area contributed by atoms with Crippen LogP contribution in [0.5, 0.6) is 0 Å². The summed E-state index contributed by atoms with van der Waals surface area (Å²) < 4.78 is 9.55. The highest BCUT2D eigenvalue weighted by molar-refractivity contribution is 8.76. The third-order valence-electron chi connectivity index (χ3n) is 0.167. The number of hydrogen-bond acceptors (Lipinski definition) is 3. The Kier molecular flexibility index (Phi) is 9.60. The van der Waals surface area contributed by atoms with E-state index in [1.807, 2.05) is 0 Å². The van der Waals surface area contributed by atoms with Crippen molar-refractivity contribution in [2.75, 3.05) is 12.5 Å². The van der Waals surface area contributed by atoms with Crippen LogP contribution < -0.4 is 16.5 Å². The molecule has 58 valence electrons. The Morgan fingerprint density at radius 1 is 1.11 bits per heavy atom. The number of nitrogens with two attached hydrogens (primary N) is 3. The van der Waals surface area contributed by atoms with E-state index in [-0.39, 0.29) is 0 Å². The molecule has 0 saturated heterocycles. The molecule has 0 fully saturated rings. The first-order valence-corrected chi connectivity index (χ1v) is 6.82. The summed E-state index contributed by atoms with van der Waals surface area (Å²) >= 11 is 0. The van der Waals surface area contributed by atoms with Crippen LogP contribution in [-0.4, -0.2) is 12.5 Å². The van der Waals surface area contributed by atoms with Gasteiger partial charge in [-0.15, -0.1) is 0 Å². The van der Waals surface area contributed by atoms with E-state index in [1.54, 1.807) is 21.6 Å². The van der Waals surface area contributed by atoms with Gasteiger partial charge < -0.3 is 0 Å². The minimum absolute atomic E-state index is 1.77. The second kappa shape index (κ2) is 6.92. The minimum atomic E-state index is -3.14. The normalized spacial score (nSPS) is 9.89. The average molecular weight is 189 g/mol. The van der Waals surface area contributed by atoms with Gasteiger partial charge in [0.2, 0.25) is 0 Å². The first-order chi connectivity index (χ1) is 3.91. The molecule has 0 aromatic carbocycles. The van der Waals surface area contributed by atoms with Gasteiger partial charge in [-0.05, 0) is 12.5 Å². The smallest absolute Gasteiger partial charge is 0.271 e. The molecule has 0 rings (SSSR count). The van der Waals surface area contributed by atoms with E-state index in [0.717, 1.165) is 0 Å². The van der Waals surface area contributed by atoms with E-state index < -0.39 is 7.59 Å². The van der Waals surface area contributed by atoms with Gasteiger partial charge in [0.1, 0.15) is 0 Å². The van der Waals surface area contributed by atoms with Crippen LogP contribution in [0.2, 0.25) is 0 Å². The van der Waals surface area contributed by atoms with Crippen LogP contribution >= 0.6 is 29.2 Å². The third kappa shape index (κ3) is 125. The summed E-state index contributed by atoms with van der Waals surface area (Å²) in [5.74, 6) is 0. The summed E-state index contributed by atoms with van der Waals surface area (Å²) in [4.78, 5) is 0. The van der Waals surface area contributed by atoms with Crippen molar-refractivity contribution in [2.45, 2.75) is 0 Å². The molecular formula is C2H12N3OPS2. The Hall–Kier alpha value is 0.810. The van der Waals surface area contributed by atoms with E-state index in [1.165, 1.54) is 0 Å². The van der Waals surface area contributed by atoms with Crippen molar-refractivity contribution in [3.05, 3.63) is 0 Å². The van der Waals surface area contributed by atoms with Crippen LogP contribution in [0.4, 0.5) is 0 Å². The van der Waals surface area contributed by atoms with Crippen molar-refractivity contribution in [3.8, 4) is 0 Å². The fourth-order valence-electron chi connectivity index (χ4n) is 0. The molecule has 9 heavy (non-hydrogen) atoms. The maximum absolute atomic E-state index is 9.55. The molecule has 6 N–H and O–H groups in total. The molecule has 0 aromatic rings. The molecule has 0 aliphatic carbocycles. The molecule has 0 spiro atoms. The average Bonchev–Trinajstić information content (AvgIpc) is 1.61. The van der Waals surface area contributed by atoms with Crippen LogP contribution in [0.3, 0.4) is 0 Å². The summed E-state index contributed by atoms with van der Waals surface area (Å²) in [5.41, 5.74) is 13.4. The number of hydrogen-bond donors (Lipinski definition) is 3. The minimum Gasteiger partial charge on any atom is -0.272 e. The maximum Gasteiger partial charge on any atom is 0.271 e. The van der Waals surface area contributed by atoms with Crippen molar-refractivity contribution in [3.63, 3.8) is 0 Å². The van der Waals surface area contributed by atoms with Gasteiger partial charge >= 0.3 is 0 Å². The Morgan fingerprint density at radius 3 is 1.22 bits per heavy atom. The van der Waals surface area contributed by atoms with Crippen LogP contribution in [0.25, 0.3) is 0 Å². The molecule has 0 aliphatic heterocycles. The molecule has 0 aliphatic rings. The highest BCUT2D eigenvalue weighted by Crippen LogP contribution is 2.09. The van der Waals surface area contributed by atoms with Gasteiger partial charge in [-0.25, -0.2) is 0 Å². The summed E-state index contributed by atoms with van der Waals surface area (Å²) in [5, 5.41) is 0. The van der Waals surface area contributed by atoms with Crippen LogP contribution in [0.1, 0.15) is 0 Å². The maximum atomic E-state index is 9.55. The van der Waals surface area contributed by atoms with Crippen LogP contribution in [0.15, 0.2) is 0 Å². The molecule has 0 heterocycles. The van der Waals surface area contributed by atoms with Gasteiger partial charge in [0, 0.05) is 0 Å². The largest absolute Gasteiger partial charge is 0.272 e. The quantitative estimate of drug-likeness (QED) is 0.413. The van der Waals surface area contributed by atoms with Crippen molar-refractivity contribution in [1.82, 2.24) is 0 Å². The van der Waals surface area contributed by atoms with E-state index in [4.69, 9.17) is 0 Å². The van der Waals surface area contributed by atoms with E-state index in [2.05, 4.69) is 29.0 Å². The molecule has 0 bridgehead atoms. The Morgan fingerprint density at radius 2 is 1.22 bits per heavy atom. The first kappa shape index (κ1) is 12.5. The lowest BCUT2D eigenvalue weighted by molar-refractivity contribution is 0.577. The summed E-state index contributed by atoms with van der Waals surface area (Å²) in [7, 11) is 0.407. The number of rotatable bonds is 1. The van der Waals surface area contributed by atoms with E-state index in [9.17, 15) is 4.57 Å². The van der Waals surface area contributed by atoms with Gasteiger partial charge in [-0.1, -0.05) is 21.6 Å². The predicted octanol–water partition coefficient (Wildman–Crippen LogP) is 0.598. The summed E-state index contributed by atoms with van der Waals surface area (Å²) in [6.07, 6.45) is 4.12. The zero-order valence-electron chi connectivity index (χ0n) is 5.40. The highest BCUT2D eigenvalue weighted by Gasteiger charge is 1.90. The standard InChI is InChI=1S/C2H6S2.H6N3OP/c1-3-4-2;1-5(2,3)4/h1-2H3;(H6,1,2,3,4). The second-order valence-corrected chi connectivity index (χ2v) is 5.29. The van der Waals surface area contributed by atoms with E-state index >= 15 is 0 Å². The van der Waals surface area contributed by atoms with Crippen molar-refractivity contribution >= 4 is 29.2 Å². The molecule has 0 saturated carbocycles. The molecule has 0 unspecified atom stereocenters. The lowest BCUT2D eigenvalue weighted by Crippen LogP contribution is -2.12. The van der Waals surface area contributed by atoms with Crippen LogP contribution in [0, 0.1) is 0 Å². The highest BCUT2D eigenvalue weighted by atomic mass is 33.1.